The second-order valence-electron chi connectivity index (χ2n) is 11.4. The number of fused-ring (bicyclic) bond motifs is 7. The summed E-state index contributed by atoms with van der Waals surface area (Å²) in [6, 6.07) is 15.6. The highest BCUT2D eigenvalue weighted by Crippen LogP contribution is 2.65. The molecule has 1 spiro atoms. The standard InChI is InChI=1S/C30H24Cl2FN5O2/c31-16-7-8-18-20(11-16)36-29(40)30(18)25(17-2-1-3-19(32)26(17)33)24-23(38(30)12-14-4-5-14)13-37-22-9-6-15(27(34)39)10-21(22)35-28(24)37/h1-3,6-11,14,23-25H,4-5,12-13H2,(H2,34,39)(H,36,40)/t23-,24+,25-,30+/m0/s1. The summed E-state index contributed by atoms with van der Waals surface area (Å²) in [7, 11) is 0. The first kappa shape index (κ1) is 24.3. The van der Waals surface area contributed by atoms with Gasteiger partial charge in [0, 0.05) is 52.8 Å². The molecule has 0 unspecified atom stereocenters. The van der Waals surface area contributed by atoms with Gasteiger partial charge in [-0.25, -0.2) is 9.37 Å². The SMILES string of the molecule is NC(=O)c1ccc2c(c1)nc1n2C[C@H]2[C@@H]1[C@H](c1cccc(Cl)c1F)[C@]1(C(=O)Nc3cc(Cl)ccc31)N2CC1CC1. The summed E-state index contributed by atoms with van der Waals surface area (Å²) >= 11 is 12.7. The lowest BCUT2D eigenvalue weighted by molar-refractivity contribution is -0.128. The predicted molar refractivity (Wildman–Crippen MR) is 150 cm³/mol. The average Bonchev–Trinajstić information content (AvgIpc) is 3.37. The Bertz CT molecular complexity index is 1790. The number of rotatable bonds is 4. The van der Waals surface area contributed by atoms with Gasteiger partial charge in [0.15, 0.2) is 0 Å². The van der Waals surface area contributed by atoms with E-state index in [0.29, 0.717) is 46.4 Å². The molecule has 7 nitrogen and oxygen atoms in total. The van der Waals surface area contributed by atoms with E-state index in [0.717, 1.165) is 29.7 Å². The molecule has 1 saturated carbocycles. The predicted octanol–water partition coefficient (Wildman–Crippen LogP) is 5.40. The van der Waals surface area contributed by atoms with Crippen molar-refractivity contribution in [1.82, 2.24) is 14.5 Å². The number of hydrogen-bond donors (Lipinski definition) is 2. The van der Waals surface area contributed by atoms with Gasteiger partial charge in [-0.2, -0.15) is 0 Å². The summed E-state index contributed by atoms with van der Waals surface area (Å²) < 4.78 is 18.2. The molecule has 3 aliphatic heterocycles. The van der Waals surface area contributed by atoms with E-state index >= 15 is 4.39 Å². The molecule has 0 radical (unpaired) electrons. The van der Waals surface area contributed by atoms with Crippen LogP contribution in [0, 0.1) is 11.7 Å². The minimum atomic E-state index is -1.18. The van der Waals surface area contributed by atoms with Gasteiger partial charge in [-0.05, 0) is 60.7 Å². The number of benzene rings is 3. The van der Waals surface area contributed by atoms with Gasteiger partial charge in [0.05, 0.1) is 16.1 Å². The van der Waals surface area contributed by atoms with Gasteiger partial charge in [-0.1, -0.05) is 41.4 Å². The van der Waals surface area contributed by atoms with Crippen LogP contribution in [0.2, 0.25) is 10.0 Å². The van der Waals surface area contributed by atoms with Crippen LogP contribution in [0.25, 0.3) is 11.0 Å². The number of halogens is 3. The molecule has 1 saturated heterocycles. The zero-order valence-corrected chi connectivity index (χ0v) is 22.7. The Morgan fingerprint density at radius 3 is 2.75 bits per heavy atom. The Balaban J connectivity index is 1.42. The van der Waals surface area contributed by atoms with Crippen LogP contribution < -0.4 is 11.1 Å². The number of primary amides is 1. The van der Waals surface area contributed by atoms with E-state index in [1.165, 1.54) is 6.07 Å². The minimum Gasteiger partial charge on any atom is -0.366 e. The Labute approximate surface area is 239 Å². The minimum absolute atomic E-state index is 0.0113. The summed E-state index contributed by atoms with van der Waals surface area (Å²) in [5.41, 5.74) is 8.09. The fourth-order valence-corrected chi connectivity index (χ4v) is 7.86. The number of nitrogens with zero attached hydrogens (tertiary/aromatic N) is 3. The number of carbonyl (C=O) groups excluding carboxylic acids is 2. The molecule has 3 N–H and O–H groups in total. The normalized spacial score (nSPS) is 26.8. The first-order valence-electron chi connectivity index (χ1n) is 13.4. The summed E-state index contributed by atoms with van der Waals surface area (Å²) in [4.78, 5) is 33.6. The molecule has 4 heterocycles. The fourth-order valence-electron chi connectivity index (χ4n) is 7.51. The first-order valence-corrected chi connectivity index (χ1v) is 14.2. The maximum Gasteiger partial charge on any atom is 0.250 e. The molecule has 4 atom stereocenters. The molecule has 2 fully saturated rings. The van der Waals surface area contributed by atoms with Crippen molar-refractivity contribution >= 4 is 51.7 Å². The monoisotopic (exact) mass is 575 g/mol. The van der Waals surface area contributed by atoms with Crippen LogP contribution in [0.15, 0.2) is 54.6 Å². The Morgan fingerprint density at radius 2 is 1.98 bits per heavy atom. The van der Waals surface area contributed by atoms with Crippen molar-refractivity contribution in [3.8, 4) is 0 Å². The van der Waals surface area contributed by atoms with Crippen LogP contribution in [-0.4, -0.2) is 38.9 Å². The third-order valence-corrected chi connectivity index (χ3v) is 9.79. The number of amides is 2. The molecule has 1 aromatic heterocycles. The Kier molecular flexibility index (Phi) is 5.04. The van der Waals surface area contributed by atoms with Crippen molar-refractivity contribution in [2.24, 2.45) is 11.7 Å². The van der Waals surface area contributed by atoms with Gasteiger partial charge < -0.3 is 15.6 Å². The quantitative estimate of drug-likeness (QED) is 0.340. The van der Waals surface area contributed by atoms with E-state index in [4.69, 9.17) is 33.9 Å². The second kappa shape index (κ2) is 8.28. The summed E-state index contributed by atoms with van der Waals surface area (Å²) in [6.07, 6.45) is 2.19. The van der Waals surface area contributed by atoms with Gasteiger partial charge >= 0.3 is 0 Å². The molecule has 40 heavy (non-hydrogen) atoms. The van der Waals surface area contributed by atoms with Crippen LogP contribution in [0.1, 0.15) is 52.0 Å². The Morgan fingerprint density at radius 1 is 1.15 bits per heavy atom. The topological polar surface area (TPSA) is 93.2 Å². The number of imidazole rings is 1. The van der Waals surface area contributed by atoms with Crippen LogP contribution in [0.5, 0.6) is 0 Å². The van der Waals surface area contributed by atoms with E-state index in [1.807, 2.05) is 12.1 Å². The Hall–Kier alpha value is -3.46. The molecular weight excluding hydrogens is 552 g/mol. The van der Waals surface area contributed by atoms with Crippen molar-refractivity contribution in [3.05, 3.63) is 93.0 Å². The van der Waals surface area contributed by atoms with E-state index in [-0.39, 0.29) is 22.9 Å². The van der Waals surface area contributed by atoms with Gasteiger partial charge in [0.1, 0.15) is 17.2 Å². The number of nitrogens with two attached hydrogens (primary N) is 1. The van der Waals surface area contributed by atoms with Gasteiger partial charge in [0.2, 0.25) is 11.8 Å². The first-order chi connectivity index (χ1) is 19.3. The van der Waals surface area contributed by atoms with Gasteiger partial charge in [0.25, 0.3) is 0 Å². The number of likely N-dealkylation sites (tertiary alicyclic amines) is 1. The van der Waals surface area contributed by atoms with Gasteiger partial charge in [-0.3, -0.25) is 14.5 Å². The molecule has 1 aliphatic carbocycles. The molecule has 3 aromatic carbocycles. The van der Waals surface area contributed by atoms with Crippen molar-refractivity contribution in [3.63, 3.8) is 0 Å². The summed E-state index contributed by atoms with van der Waals surface area (Å²) in [6.45, 7) is 1.29. The van der Waals surface area contributed by atoms with Crippen LogP contribution in [-0.2, 0) is 16.9 Å². The van der Waals surface area contributed by atoms with E-state index in [9.17, 15) is 9.59 Å². The van der Waals surface area contributed by atoms with Gasteiger partial charge in [-0.15, -0.1) is 0 Å². The maximum absolute atomic E-state index is 16.1. The highest BCUT2D eigenvalue weighted by molar-refractivity contribution is 6.31. The van der Waals surface area contributed by atoms with Crippen LogP contribution in [0.4, 0.5) is 10.1 Å². The number of anilines is 1. The summed E-state index contributed by atoms with van der Waals surface area (Å²) in [5.74, 6) is -0.953. The molecule has 0 bridgehead atoms. The van der Waals surface area contributed by atoms with Crippen molar-refractivity contribution in [2.75, 3.05) is 11.9 Å². The van der Waals surface area contributed by atoms with Crippen LogP contribution in [0.3, 0.4) is 0 Å². The molecule has 4 aliphatic rings. The molecule has 8 rings (SSSR count). The number of hydrogen-bond acceptors (Lipinski definition) is 4. The fraction of sp³-hybridized carbons (Fsp3) is 0.300. The third-order valence-electron chi connectivity index (χ3n) is 9.26. The largest absolute Gasteiger partial charge is 0.366 e. The van der Waals surface area contributed by atoms with Crippen molar-refractivity contribution in [2.45, 2.75) is 42.8 Å². The smallest absolute Gasteiger partial charge is 0.250 e. The van der Waals surface area contributed by atoms with Crippen LogP contribution >= 0.6 is 23.2 Å². The second-order valence-corrected chi connectivity index (χ2v) is 12.2. The highest BCUT2D eigenvalue weighted by Gasteiger charge is 2.69. The third kappa shape index (κ3) is 3.12. The zero-order chi connectivity index (χ0) is 27.5. The average molecular weight is 576 g/mol. The molecule has 2 amide bonds. The zero-order valence-electron chi connectivity index (χ0n) is 21.2. The van der Waals surface area contributed by atoms with Crippen molar-refractivity contribution in [1.29, 1.82) is 0 Å². The number of aromatic nitrogens is 2. The van der Waals surface area contributed by atoms with E-state index in [2.05, 4.69) is 14.8 Å². The molecular formula is C30H24Cl2FN5O2. The summed E-state index contributed by atoms with van der Waals surface area (Å²) in [5, 5.41) is 3.61. The highest BCUT2D eigenvalue weighted by atomic mass is 35.5. The van der Waals surface area contributed by atoms with E-state index in [1.54, 1.807) is 36.4 Å². The molecule has 4 aromatic rings. The molecule has 202 valence electrons. The molecule has 10 heteroatoms. The van der Waals surface area contributed by atoms with Crippen molar-refractivity contribution < 1.29 is 14.0 Å². The number of carbonyl (C=O) groups is 2. The van der Waals surface area contributed by atoms with E-state index < -0.39 is 23.2 Å². The lowest BCUT2D eigenvalue weighted by Gasteiger charge is -2.40. The maximum atomic E-state index is 16.1. The lowest BCUT2D eigenvalue weighted by Crippen LogP contribution is -2.53. The number of nitrogens with one attached hydrogen (secondary N) is 1. The lowest BCUT2D eigenvalue weighted by atomic mass is 9.71.